The molecule has 5 heteroatoms. The second-order valence-electron chi connectivity index (χ2n) is 6.39. The molecule has 122 valence electrons. The topological polar surface area (TPSA) is 27.7 Å². The zero-order valence-corrected chi connectivity index (χ0v) is 14.5. The fourth-order valence-corrected chi connectivity index (χ4v) is 4.05. The minimum atomic E-state index is -0.703. The highest BCUT2D eigenvalue weighted by molar-refractivity contribution is 7.99. The Balaban J connectivity index is 1.57. The van der Waals surface area contributed by atoms with E-state index >= 15 is 0 Å². The van der Waals surface area contributed by atoms with Crippen molar-refractivity contribution < 1.29 is 14.5 Å². The van der Waals surface area contributed by atoms with Gasteiger partial charge in [0.2, 0.25) is 5.79 Å². The van der Waals surface area contributed by atoms with Gasteiger partial charge in [0.05, 0.1) is 12.4 Å². The van der Waals surface area contributed by atoms with Gasteiger partial charge in [-0.05, 0) is 44.0 Å². The second kappa shape index (κ2) is 7.10. The first-order chi connectivity index (χ1) is 10.6. The van der Waals surface area contributed by atoms with Gasteiger partial charge in [-0.3, -0.25) is 0 Å². The molecule has 1 saturated heterocycles. The molecule has 1 saturated carbocycles. The van der Waals surface area contributed by atoms with Crippen LogP contribution < -0.4 is 0 Å². The minimum Gasteiger partial charge on any atom is -0.347 e. The summed E-state index contributed by atoms with van der Waals surface area (Å²) in [5.41, 5.74) is -0.124. The quantitative estimate of drug-likeness (QED) is 0.556. The Morgan fingerprint density at radius 3 is 2.50 bits per heavy atom. The molecule has 0 aromatic heterocycles. The van der Waals surface area contributed by atoms with Gasteiger partial charge in [-0.1, -0.05) is 30.9 Å². The van der Waals surface area contributed by atoms with Gasteiger partial charge < -0.3 is 4.74 Å². The number of rotatable bonds is 3. The normalized spacial score (nSPS) is 28.5. The number of hydrogen-bond acceptors (Lipinski definition) is 4. The van der Waals surface area contributed by atoms with Gasteiger partial charge >= 0.3 is 0 Å². The van der Waals surface area contributed by atoms with Crippen LogP contribution in [0.15, 0.2) is 29.2 Å². The number of halogens is 1. The van der Waals surface area contributed by atoms with Crippen LogP contribution >= 0.6 is 23.4 Å². The first-order valence-electron chi connectivity index (χ1n) is 7.99. The summed E-state index contributed by atoms with van der Waals surface area (Å²) in [5.74, 6) is -0.0179. The van der Waals surface area contributed by atoms with Crippen molar-refractivity contribution in [2.75, 3.05) is 12.4 Å². The molecule has 1 heterocycles. The van der Waals surface area contributed by atoms with Crippen LogP contribution in [-0.2, 0) is 14.5 Å². The summed E-state index contributed by atoms with van der Waals surface area (Å²) < 4.78 is 5.97. The molecule has 2 aliphatic rings. The van der Waals surface area contributed by atoms with Crippen LogP contribution in [0.25, 0.3) is 0 Å². The summed E-state index contributed by atoms with van der Waals surface area (Å²) in [5, 5.41) is 0.750. The molecule has 0 N–H and O–H groups in total. The first-order valence-corrected chi connectivity index (χ1v) is 9.35. The predicted octanol–water partition coefficient (Wildman–Crippen LogP) is 5.22. The molecule has 1 unspecified atom stereocenters. The third kappa shape index (κ3) is 4.18. The third-order valence-electron chi connectivity index (χ3n) is 4.44. The molecule has 1 aromatic rings. The molecule has 0 amide bonds. The fourth-order valence-electron chi connectivity index (χ4n) is 3.04. The standard InChI is InChI=1S/C17H23ClO3S/c1-16(13-22-15-7-5-14(18)6-8-15)19-12-11-17(21-20-16)9-3-2-4-10-17/h5-8H,2-4,9-13H2,1H3. The Hall–Kier alpha value is -0.260. The lowest BCUT2D eigenvalue weighted by Gasteiger charge is -2.34. The van der Waals surface area contributed by atoms with Crippen molar-refractivity contribution in [2.45, 2.75) is 61.7 Å². The number of ether oxygens (including phenoxy) is 1. The van der Waals surface area contributed by atoms with Crippen LogP contribution in [0.5, 0.6) is 0 Å². The van der Waals surface area contributed by atoms with Crippen molar-refractivity contribution in [1.82, 2.24) is 0 Å². The first kappa shape index (κ1) is 16.6. The van der Waals surface area contributed by atoms with Crippen LogP contribution in [0.2, 0.25) is 5.02 Å². The van der Waals surface area contributed by atoms with E-state index in [0.717, 1.165) is 29.2 Å². The van der Waals surface area contributed by atoms with Gasteiger partial charge in [0.15, 0.2) is 0 Å². The van der Waals surface area contributed by atoms with E-state index in [4.69, 9.17) is 26.1 Å². The largest absolute Gasteiger partial charge is 0.347 e. The fraction of sp³-hybridized carbons (Fsp3) is 0.647. The van der Waals surface area contributed by atoms with E-state index < -0.39 is 5.79 Å². The molecule has 3 nitrogen and oxygen atoms in total. The Morgan fingerprint density at radius 2 is 1.77 bits per heavy atom. The van der Waals surface area contributed by atoms with Gasteiger partial charge in [0.1, 0.15) is 5.60 Å². The van der Waals surface area contributed by atoms with Crippen molar-refractivity contribution in [3.05, 3.63) is 29.3 Å². The lowest BCUT2D eigenvalue weighted by atomic mass is 9.83. The van der Waals surface area contributed by atoms with Crippen LogP contribution in [0.3, 0.4) is 0 Å². The Labute approximate surface area is 141 Å². The Kier molecular flexibility index (Phi) is 5.35. The smallest absolute Gasteiger partial charge is 0.208 e. The zero-order chi connectivity index (χ0) is 15.5. The van der Waals surface area contributed by atoms with E-state index in [-0.39, 0.29) is 5.60 Å². The van der Waals surface area contributed by atoms with Crippen molar-refractivity contribution in [3.63, 3.8) is 0 Å². The van der Waals surface area contributed by atoms with Crippen LogP contribution in [0.4, 0.5) is 0 Å². The molecule has 1 atom stereocenters. The number of hydrogen-bond donors (Lipinski definition) is 0. The highest BCUT2D eigenvalue weighted by atomic mass is 35.5. The average molecular weight is 343 g/mol. The monoisotopic (exact) mass is 342 g/mol. The summed E-state index contributed by atoms with van der Waals surface area (Å²) in [4.78, 5) is 12.8. The molecule has 1 aliphatic carbocycles. The van der Waals surface area contributed by atoms with Gasteiger partial charge in [-0.15, -0.1) is 11.8 Å². The molecule has 3 rings (SSSR count). The van der Waals surface area contributed by atoms with Crippen molar-refractivity contribution >= 4 is 23.4 Å². The van der Waals surface area contributed by atoms with E-state index in [1.54, 1.807) is 11.8 Å². The molecule has 1 spiro atoms. The lowest BCUT2D eigenvalue weighted by molar-refractivity contribution is -0.440. The van der Waals surface area contributed by atoms with Crippen molar-refractivity contribution in [3.8, 4) is 0 Å². The van der Waals surface area contributed by atoms with E-state index in [1.165, 1.54) is 19.3 Å². The van der Waals surface area contributed by atoms with E-state index in [2.05, 4.69) is 0 Å². The highest BCUT2D eigenvalue weighted by Gasteiger charge is 2.41. The maximum atomic E-state index is 5.97. The van der Waals surface area contributed by atoms with Crippen LogP contribution in [0.1, 0.15) is 45.4 Å². The predicted molar refractivity (Wildman–Crippen MR) is 89.1 cm³/mol. The van der Waals surface area contributed by atoms with Gasteiger partial charge in [0.25, 0.3) is 0 Å². The van der Waals surface area contributed by atoms with Crippen LogP contribution in [0, 0.1) is 0 Å². The molecular weight excluding hydrogens is 320 g/mol. The van der Waals surface area contributed by atoms with E-state index in [0.29, 0.717) is 12.4 Å². The van der Waals surface area contributed by atoms with Crippen molar-refractivity contribution in [2.24, 2.45) is 0 Å². The molecular formula is C17H23ClO3S. The number of benzene rings is 1. The maximum Gasteiger partial charge on any atom is 0.208 e. The van der Waals surface area contributed by atoms with Gasteiger partial charge in [0, 0.05) is 16.3 Å². The van der Waals surface area contributed by atoms with E-state index in [1.807, 2.05) is 31.2 Å². The number of thioether (sulfide) groups is 1. The summed E-state index contributed by atoms with van der Waals surface area (Å²) in [6.07, 6.45) is 6.83. The third-order valence-corrected chi connectivity index (χ3v) is 5.97. The SMILES string of the molecule is CC1(CSc2ccc(Cl)cc2)OCCC2(CCCCC2)OO1. The van der Waals surface area contributed by atoms with Gasteiger partial charge in [-0.2, -0.15) is 4.89 Å². The highest BCUT2D eigenvalue weighted by Crippen LogP contribution is 2.39. The minimum absolute atomic E-state index is 0.124. The second-order valence-corrected chi connectivity index (χ2v) is 7.87. The molecule has 1 aliphatic heterocycles. The Morgan fingerprint density at radius 1 is 1.05 bits per heavy atom. The molecule has 0 bridgehead atoms. The maximum absolute atomic E-state index is 5.97. The summed E-state index contributed by atoms with van der Waals surface area (Å²) >= 11 is 7.60. The lowest BCUT2D eigenvalue weighted by Crippen LogP contribution is -2.38. The molecule has 1 aromatic carbocycles. The van der Waals surface area contributed by atoms with Crippen LogP contribution in [-0.4, -0.2) is 23.7 Å². The molecule has 22 heavy (non-hydrogen) atoms. The average Bonchev–Trinajstić information content (AvgIpc) is 2.68. The van der Waals surface area contributed by atoms with Crippen molar-refractivity contribution in [1.29, 1.82) is 0 Å². The van der Waals surface area contributed by atoms with E-state index in [9.17, 15) is 0 Å². The zero-order valence-electron chi connectivity index (χ0n) is 13.0. The Bertz CT molecular complexity index is 487. The summed E-state index contributed by atoms with van der Waals surface area (Å²) in [6.45, 7) is 2.65. The molecule has 0 radical (unpaired) electrons. The summed E-state index contributed by atoms with van der Waals surface area (Å²) in [7, 11) is 0. The molecule has 2 fully saturated rings. The summed E-state index contributed by atoms with van der Waals surface area (Å²) in [6, 6.07) is 7.82. The van der Waals surface area contributed by atoms with Gasteiger partial charge in [-0.25, -0.2) is 4.89 Å².